The van der Waals surface area contributed by atoms with Crippen LogP contribution in [0.5, 0.6) is 5.75 Å². The predicted molar refractivity (Wildman–Crippen MR) is 186 cm³/mol. The van der Waals surface area contributed by atoms with Crippen LogP contribution in [0, 0.1) is 5.41 Å². The molecular weight excluding hydrogens is 695 g/mol. The van der Waals surface area contributed by atoms with Crippen LogP contribution < -0.4 is 9.64 Å². The Morgan fingerprint density at radius 3 is 2.04 bits per heavy atom. The number of unbranched alkanes of at least 4 members (excludes halogenated alkanes) is 2. The molecule has 1 aromatic rings. The summed E-state index contributed by atoms with van der Waals surface area (Å²) in [5, 5.41) is 8.90. The third-order valence-electron chi connectivity index (χ3n) is 8.00. The highest BCUT2D eigenvalue weighted by Gasteiger charge is 2.41. The molecule has 3 N–H and O–H groups in total. The molecule has 0 spiro atoms. The number of hydrogen-bond donors (Lipinski definition) is 3. The molecule has 2 aliphatic heterocycles. The molecule has 1 saturated heterocycles. The maximum absolute atomic E-state index is 13.6. The van der Waals surface area contributed by atoms with Gasteiger partial charge in [-0.1, -0.05) is 33.3 Å². The normalized spacial score (nSPS) is 17.2. The van der Waals surface area contributed by atoms with Crippen molar-refractivity contribution in [2.75, 3.05) is 42.6 Å². The van der Waals surface area contributed by atoms with Gasteiger partial charge in [0.15, 0.2) is 0 Å². The number of carboxylic acid groups (broad SMARTS) is 1. The number of urea groups is 1. The summed E-state index contributed by atoms with van der Waals surface area (Å²) in [4.78, 5) is 54.8. The molecule has 2 aliphatic rings. The summed E-state index contributed by atoms with van der Waals surface area (Å²) in [6.45, 7) is 8.15. The van der Waals surface area contributed by atoms with E-state index in [1.54, 1.807) is 24.3 Å². The molecule has 15 nitrogen and oxygen atoms in total. The first-order valence-corrected chi connectivity index (χ1v) is 19.4. The number of carbonyl (C=O) groups excluding carboxylic acids is 3. The van der Waals surface area contributed by atoms with Gasteiger partial charge in [-0.3, -0.25) is 33.3 Å². The second kappa shape index (κ2) is 16.8. The average Bonchev–Trinajstić information content (AvgIpc) is 3.00. The number of imide groups is 2. The molecule has 0 unspecified atom stereocenters. The fourth-order valence-electron chi connectivity index (χ4n) is 5.35. The number of fused-ring (bicyclic) bond motifs is 1. The van der Waals surface area contributed by atoms with Crippen LogP contribution in [0.4, 0.5) is 10.5 Å². The first-order chi connectivity index (χ1) is 23.2. The molecule has 50 heavy (non-hydrogen) atoms. The zero-order chi connectivity index (χ0) is 37.4. The van der Waals surface area contributed by atoms with E-state index in [4.69, 9.17) is 18.9 Å². The Hall–Kier alpha value is -4.06. The number of barbiturate groups is 1. The first-order valence-electron chi connectivity index (χ1n) is 16.2. The second-order valence-corrected chi connectivity index (χ2v) is 16.1. The van der Waals surface area contributed by atoms with Crippen molar-refractivity contribution in [1.82, 2.24) is 9.80 Å². The van der Waals surface area contributed by atoms with E-state index < -0.39 is 55.2 Å². The van der Waals surface area contributed by atoms with Gasteiger partial charge in [0, 0.05) is 55.3 Å². The van der Waals surface area contributed by atoms with E-state index in [0.29, 0.717) is 48.6 Å². The maximum atomic E-state index is 13.6. The van der Waals surface area contributed by atoms with Gasteiger partial charge in [0.05, 0.1) is 11.5 Å². The Bertz CT molecular complexity index is 1790. The molecule has 1 fully saturated rings. The molecule has 0 bridgehead atoms. The van der Waals surface area contributed by atoms with Crippen molar-refractivity contribution >= 4 is 55.3 Å². The van der Waals surface area contributed by atoms with Gasteiger partial charge in [0.1, 0.15) is 17.1 Å². The van der Waals surface area contributed by atoms with Gasteiger partial charge in [-0.05, 0) is 62.5 Å². The van der Waals surface area contributed by atoms with Crippen molar-refractivity contribution in [3.8, 4) is 5.75 Å². The third kappa shape index (κ3) is 11.5. The van der Waals surface area contributed by atoms with E-state index in [1.165, 1.54) is 6.08 Å². The van der Waals surface area contributed by atoms with Crippen LogP contribution in [0.3, 0.4) is 0 Å². The standard InChI is InChI=1S/C33H45N3O12S2/c1-5-34(16-9-19-49(42,43)44)24-13-15-25-23(21-28(33(2,3)4)48-27(25)22-24)12-14-26-30(39)35(17-8-6-7-11-29(37)38)32(41)36(31(26)40)18-10-20-50(45,46)47/h12-15,21-22H,5-11,16-20H2,1-4H3,(H,37,38)(H,42,43,44)(H,45,46,47)/b23-12+,26-14+. The number of aliphatic carboxylic acids is 1. The van der Waals surface area contributed by atoms with E-state index in [-0.39, 0.29) is 50.1 Å². The topological polar surface area (TPSA) is 216 Å². The largest absolute Gasteiger partial charge is 0.481 e. The van der Waals surface area contributed by atoms with E-state index in [0.717, 1.165) is 15.5 Å². The number of carboxylic acids is 1. The summed E-state index contributed by atoms with van der Waals surface area (Å²) in [5.74, 6) is -2.80. The van der Waals surface area contributed by atoms with Crippen molar-refractivity contribution in [3.05, 3.63) is 53.3 Å². The zero-order valence-electron chi connectivity index (χ0n) is 28.6. The Labute approximate surface area is 292 Å². The van der Waals surface area contributed by atoms with Crippen LogP contribution in [0.25, 0.3) is 5.57 Å². The van der Waals surface area contributed by atoms with Crippen molar-refractivity contribution < 1.29 is 55.0 Å². The van der Waals surface area contributed by atoms with Gasteiger partial charge in [-0.15, -0.1) is 0 Å². The SMILES string of the molecule is CCN(CCCS(=O)(=O)O)c1ccc2c(c1)OC(C(C)(C)C)=C/C2=C\C=C1/C(=O)N(CCCCCC(=O)O)C(=O)N(CCCS(=O)(=O)O)C1=O. The van der Waals surface area contributed by atoms with Crippen LogP contribution in [-0.4, -0.2) is 102 Å². The Morgan fingerprint density at radius 1 is 0.880 bits per heavy atom. The summed E-state index contributed by atoms with van der Waals surface area (Å²) in [6, 6.07) is 4.46. The van der Waals surface area contributed by atoms with E-state index in [1.807, 2.05) is 38.7 Å². The highest BCUT2D eigenvalue weighted by Crippen LogP contribution is 2.41. The molecule has 3 rings (SSSR count). The van der Waals surface area contributed by atoms with Gasteiger partial charge in [-0.25, -0.2) is 4.79 Å². The number of ether oxygens (including phenoxy) is 1. The van der Waals surface area contributed by atoms with Crippen LogP contribution >= 0.6 is 0 Å². The minimum absolute atomic E-state index is 0.0812. The molecule has 0 atom stereocenters. The molecule has 4 amide bonds. The second-order valence-electron chi connectivity index (χ2n) is 13.0. The number of allylic oxidation sites excluding steroid dienone is 5. The Balaban J connectivity index is 2.01. The Kier molecular flexibility index (Phi) is 13.5. The van der Waals surface area contributed by atoms with Gasteiger partial charge < -0.3 is 14.7 Å². The van der Waals surface area contributed by atoms with Crippen LogP contribution in [0.1, 0.15) is 71.8 Å². The minimum atomic E-state index is -4.37. The van der Waals surface area contributed by atoms with Gasteiger partial charge in [0.2, 0.25) is 0 Å². The van der Waals surface area contributed by atoms with Crippen molar-refractivity contribution in [3.63, 3.8) is 0 Å². The highest BCUT2D eigenvalue weighted by atomic mass is 32.2. The zero-order valence-corrected chi connectivity index (χ0v) is 30.3. The lowest BCUT2D eigenvalue weighted by molar-refractivity contribution is -0.138. The van der Waals surface area contributed by atoms with E-state index in [9.17, 15) is 36.0 Å². The highest BCUT2D eigenvalue weighted by molar-refractivity contribution is 7.86. The monoisotopic (exact) mass is 739 g/mol. The summed E-state index contributed by atoms with van der Waals surface area (Å²) in [6.07, 6.45) is 5.49. The lowest BCUT2D eigenvalue weighted by Gasteiger charge is -2.34. The third-order valence-corrected chi connectivity index (χ3v) is 9.61. The summed E-state index contributed by atoms with van der Waals surface area (Å²) < 4.78 is 69.6. The number of amides is 4. The predicted octanol–water partition coefficient (Wildman–Crippen LogP) is 4.14. The number of carbonyl (C=O) groups is 4. The molecule has 0 aliphatic carbocycles. The van der Waals surface area contributed by atoms with Crippen LogP contribution in [0.15, 0.2) is 47.8 Å². The number of anilines is 1. The van der Waals surface area contributed by atoms with Gasteiger partial charge >= 0.3 is 12.0 Å². The molecule has 0 radical (unpaired) electrons. The fourth-order valence-corrected chi connectivity index (χ4v) is 6.34. The van der Waals surface area contributed by atoms with Crippen molar-refractivity contribution in [2.24, 2.45) is 5.41 Å². The number of rotatable bonds is 17. The first kappa shape index (κ1) is 40.4. The Morgan fingerprint density at radius 2 is 1.48 bits per heavy atom. The molecule has 276 valence electrons. The summed E-state index contributed by atoms with van der Waals surface area (Å²) in [5.41, 5.74) is 1.13. The van der Waals surface area contributed by atoms with Gasteiger partial charge in [-0.2, -0.15) is 16.8 Å². The summed E-state index contributed by atoms with van der Waals surface area (Å²) >= 11 is 0. The van der Waals surface area contributed by atoms with Crippen molar-refractivity contribution in [2.45, 2.75) is 66.2 Å². The number of nitrogens with zero attached hydrogens (tertiary/aromatic N) is 3. The van der Waals surface area contributed by atoms with Gasteiger partial charge in [0.25, 0.3) is 32.1 Å². The molecule has 1 aromatic carbocycles. The lowest BCUT2D eigenvalue weighted by Crippen LogP contribution is -2.56. The minimum Gasteiger partial charge on any atom is -0.481 e. The molecule has 0 aromatic heterocycles. The lowest BCUT2D eigenvalue weighted by atomic mass is 9.89. The quantitative estimate of drug-likeness (QED) is 0.0888. The number of hydrogen-bond acceptors (Lipinski definition) is 10. The number of benzene rings is 1. The average molecular weight is 740 g/mol. The summed E-state index contributed by atoms with van der Waals surface area (Å²) in [7, 11) is -8.48. The van der Waals surface area contributed by atoms with E-state index >= 15 is 0 Å². The molecule has 17 heteroatoms. The molecule has 2 heterocycles. The smallest absolute Gasteiger partial charge is 0.333 e. The van der Waals surface area contributed by atoms with Crippen LogP contribution in [-0.2, 0) is 34.6 Å². The van der Waals surface area contributed by atoms with Crippen molar-refractivity contribution in [1.29, 1.82) is 0 Å². The maximum Gasteiger partial charge on any atom is 0.333 e. The molecular formula is C33H45N3O12S2. The van der Waals surface area contributed by atoms with Crippen LogP contribution in [0.2, 0.25) is 0 Å². The molecule has 0 saturated carbocycles. The van der Waals surface area contributed by atoms with E-state index in [2.05, 4.69) is 0 Å². The fraction of sp³-hybridized carbons (Fsp3) is 0.515.